The van der Waals surface area contributed by atoms with Crippen LogP contribution in [-0.4, -0.2) is 11.3 Å². The van der Waals surface area contributed by atoms with Gasteiger partial charge in [0.15, 0.2) is 5.13 Å². The maximum Gasteiger partial charge on any atom is 0.225 e. The molecule has 0 amide bonds. The minimum absolute atomic E-state index is 0.538. The highest BCUT2D eigenvalue weighted by atomic mass is 32.1. The smallest absolute Gasteiger partial charge is 0.225 e. The summed E-state index contributed by atoms with van der Waals surface area (Å²) in [6.07, 6.45) is 4.78. The first-order chi connectivity index (χ1) is 7.81. The highest BCUT2D eigenvalue weighted by molar-refractivity contribution is 7.13. The van der Waals surface area contributed by atoms with Gasteiger partial charge in [0.05, 0.1) is 5.69 Å². The van der Waals surface area contributed by atoms with Crippen LogP contribution in [0.2, 0.25) is 0 Å². The SMILES string of the molecule is Nc1nc(-c2ccccc2C=C[C]=O)cs1. The Kier molecular flexibility index (Phi) is 3.12. The molecule has 4 heteroatoms. The molecule has 1 aromatic carbocycles. The van der Waals surface area contributed by atoms with E-state index in [4.69, 9.17) is 5.73 Å². The van der Waals surface area contributed by atoms with Crippen LogP contribution >= 0.6 is 11.3 Å². The Labute approximate surface area is 97.3 Å². The number of aromatic nitrogens is 1. The molecule has 0 atom stereocenters. The van der Waals surface area contributed by atoms with Gasteiger partial charge in [0.25, 0.3) is 0 Å². The van der Waals surface area contributed by atoms with Crippen molar-refractivity contribution in [2.75, 3.05) is 5.73 Å². The van der Waals surface area contributed by atoms with E-state index in [9.17, 15) is 4.79 Å². The van der Waals surface area contributed by atoms with Gasteiger partial charge in [-0.05, 0) is 11.6 Å². The summed E-state index contributed by atoms with van der Waals surface area (Å²) >= 11 is 1.40. The van der Waals surface area contributed by atoms with Crippen molar-refractivity contribution in [3.63, 3.8) is 0 Å². The van der Waals surface area contributed by atoms with Gasteiger partial charge in [-0.25, -0.2) is 4.98 Å². The summed E-state index contributed by atoms with van der Waals surface area (Å²) in [4.78, 5) is 14.4. The summed E-state index contributed by atoms with van der Waals surface area (Å²) in [6, 6.07) is 7.69. The number of rotatable bonds is 3. The summed E-state index contributed by atoms with van der Waals surface area (Å²) in [5.41, 5.74) is 8.31. The highest BCUT2D eigenvalue weighted by Gasteiger charge is 2.05. The zero-order valence-electron chi connectivity index (χ0n) is 8.38. The molecule has 0 spiro atoms. The lowest BCUT2D eigenvalue weighted by atomic mass is 10.1. The first-order valence-electron chi connectivity index (χ1n) is 4.66. The first kappa shape index (κ1) is 10.6. The van der Waals surface area contributed by atoms with Crippen LogP contribution in [0.5, 0.6) is 0 Å². The lowest BCUT2D eigenvalue weighted by Gasteiger charge is -2.01. The number of thiazole rings is 1. The maximum absolute atomic E-state index is 10.2. The lowest BCUT2D eigenvalue weighted by Crippen LogP contribution is -1.85. The van der Waals surface area contributed by atoms with Crippen LogP contribution in [-0.2, 0) is 4.79 Å². The van der Waals surface area contributed by atoms with E-state index in [-0.39, 0.29) is 0 Å². The Hall–Kier alpha value is -1.94. The third-order valence-corrected chi connectivity index (χ3v) is 2.76. The summed E-state index contributed by atoms with van der Waals surface area (Å²) in [7, 11) is 0. The van der Waals surface area contributed by atoms with Crippen molar-refractivity contribution in [2.24, 2.45) is 0 Å². The molecular formula is C12H9N2OS. The van der Waals surface area contributed by atoms with Gasteiger partial charge < -0.3 is 5.73 Å². The topological polar surface area (TPSA) is 56.0 Å². The van der Waals surface area contributed by atoms with Crippen LogP contribution in [0.4, 0.5) is 5.13 Å². The zero-order valence-corrected chi connectivity index (χ0v) is 9.20. The van der Waals surface area contributed by atoms with Crippen LogP contribution in [0.25, 0.3) is 17.3 Å². The Bertz CT molecular complexity index is 531. The van der Waals surface area contributed by atoms with E-state index in [1.807, 2.05) is 29.6 Å². The van der Waals surface area contributed by atoms with Crippen molar-refractivity contribution >= 4 is 28.8 Å². The van der Waals surface area contributed by atoms with Crippen molar-refractivity contribution in [2.45, 2.75) is 0 Å². The average Bonchev–Trinajstić information content (AvgIpc) is 2.73. The number of nitrogen functional groups attached to an aromatic ring is 1. The van der Waals surface area contributed by atoms with Crippen LogP contribution < -0.4 is 5.73 Å². The van der Waals surface area contributed by atoms with E-state index in [1.54, 1.807) is 12.4 Å². The van der Waals surface area contributed by atoms with Crippen LogP contribution in [0, 0.1) is 0 Å². The van der Waals surface area contributed by atoms with Crippen LogP contribution in [0.3, 0.4) is 0 Å². The van der Waals surface area contributed by atoms with Gasteiger partial charge in [0.1, 0.15) is 0 Å². The molecule has 0 aliphatic rings. The van der Waals surface area contributed by atoms with Gasteiger partial charge in [-0.2, -0.15) is 0 Å². The number of carbonyl (C=O) groups excluding carboxylic acids is 1. The molecule has 0 bridgehead atoms. The number of anilines is 1. The molecule has 1 heterocycles. The van der Waals surface area contributed by atoms with Gasteiger partial charge >= 0.3 is 0 Å². The number of hydrogen-bond acceptors (Lipinski definition) is 4. The predicted molar refractivity (Wildman–Crippen MR) is 66.7 cm³/mol. The lowest BCUT2D eigenvalue weighted by molar-refractivity contribution is 0.564. The molecule has 2 N–H and O–H groups in total. The summed E-state index contributed by atoms with van der Waals surface area (Å²) in [5, 5.41) is 2.43. The molecule has 3 nitrogen and oxygen atoms in total. The number of allylic oxidation sites excluding steroid dienone is 1. The molecule has 0 fully saturated rings. The summed E-state index contributed by atoms with van der Waals surface area (Å²) in [5.74, 6) is 0. The minimum atomic E-state index is 0.538. The second-order valence-electron chi connectivity index (χ2n) is 3.11. The highest BCUT2D eigenvalue weighted by Crippen LogP contribution is 2.26. The second-order valence-corrected chi connectivity index (χ2v) is 4.00. The molecule has 79 valence electrons. The van der Waals surface area contributed by atoms with Crippen molar-refractivity contribution < 1.29 is 4.79 Å². The quantitative estimate of drug-likeness (QED) is 0.823. The fourth-order valence-electron chi connectivity index (χ4n) is 1.41. The molecule has 0 unspecified atom stereocenters. The third kappa shape index (κ3) is 2.17. The molecule has 1 aromatic heterocycles. The van der Waals surface area contributed by atoms with Crippen molar-refractivity contribution in [3.8, 4) is 11.3 Å². The minimum Gasteiger partial charge on any atom is -0.375 e. The molecule has 2 aromatic rings. The molecular weight excluding hydrogens is 220 g/mol. The normalized spacial score (nSPS) is 10.8. The van der Waals surface area contributed by atoms with Gasteiger partial charge in [0.2, 0.25) is 6.29 Å². The molecule has 16 heavy (non-hydrogen) atoms. The van der Waals surface area contributed by atoms with Gasteiger partial charge in [-0.3, -0.25) is 4.79 Å². The Balaban J connectivity index is 2.47. The van der Waals surface area contributed by atoms with E-state index in [2.05, 4.69) is 4.98 Å². The maximum atomic E-state index is 10.2. The van der Waals surface area contributed by atoms with E-state index in [0.29, 0.717) is 5.13 Å². The zero-order chi connectivity index (χ0) is 11.4. The van der Waals surface area contributed by atoms with Crippen molar-refractivity contribution in [1.29, 1.82) is 0 Å². The van der Waals surface area contributed by atoms with Gasteiger partial charge in [0, 0.05) is 10.9 Å². The Morgan fingerprint density at radius 2 is 2.19 bits per heavy atom. The Morgan fingerprint density at radius 1 is 1.38 bits per heavy atom. The second kappa shape index (κ2) is 4.72. The van der Waals surface area contributed by atoms with Crippen molar-refractivity contribution in [1.82, 2.24) is 4.98 Å². The van der Waals surface area contributed by atoms with Crippen molar-refractivity contribution in [3.05, 3.63) is 41.3 Å². The van der Waals surface area contributed by atoms with Gasteiger partial charge in [-0.15, -0.1) is 11.3 Å². The molecule has 0 aliphatic carbocycles. The van der Waals surface area contributed by atoms with E-state index in [0.717, 1.165) is 16.8 Å². The van der Waals surface area contributed by atoms with Crippen LogP contribution in [0.1, 0.15) is 5.56 Å². The van der Waals surface area contributed by atoms with Crippen LogP contribution in [0.15, 0.2) is 35.7 Å². The molecule has 0 saturated heterocycles. The predicted octanol–water partition coefficient (Wildman–Crippen LogP) is 2.52. The molecule has 0 aliphatic heterocycles. The summed E-state index contributed by atoms with van der Waals surface area (Å²) < 4.78 is 0. The standard InChI is InChI=1S/C12H9N2OS/c13-12-14-11(8-16-12)10-6-2-1-4-9(10)5-3-7-15/h1-6,8H,(H2,13,14). The average molecular weight is 229 g/mol. The molecule has 1 radical (unpaired) electrons. The molecule has 2 rings (SSSR count). The van der Waals surface area contributed by atoms with E-state index in [1.165, 1.54) is 17.4 Å². The van der Waals surface area contributed by atoms with Gasteiger partial charge in [-0.1, -0.05) is 30.3 Å². The fourth-order valence-corrected chi connectivity index (χ4v) is 1.97. The number of benzene rings is 1. The number of hydrogen-bond donors (Lipinski definition) is 1. The molecule has 0 saturated carbocycles. The monoisotopic (exact) mass is 229 g/mol. The fraction of sp³-hybridized carbons (Fsp3) is 0. The number of nitrogens with zero attached hydrogens (tertiary/aromatic N) is 1. The summed E-state index contributed by atoms with van der Waals surface area (Å²) in [6.45, 7) is 0. The van der Waals surface area contributed by atoms with E-state index < -0.39 is 0 Å². The first-order valence-corrected chi connectivity index (χ1v) is 5.54. The van der Waals surface area contributed by atoms with E-state index >= 15 is 0 Å². The third-order valence-electron chi connectivity index (χ3n) is 2.09. The number of nitrogens with two attached hydrogens (primary N) is 1. The largest absolute Gasteiger partial charge is 0.375 e. The Morgan fingerprint density at radius 3 is 2.88 bits per heavy atom.